The zero-order valence-electron chi connectivity index (χ0n) is 41.9. The van der Waals surface area contributed by atoms with E-state index >= 15 is 0 Å². The second-order valence-electron chi connectivity index (χ2n) is 22.3. The van der Waals surface area contributed by atoms with Crippen molar-refractivity contribution in [2.24, 2.45) is 0 Å². The first-order chi connectivity index (χ1) is 33.6. The van der Waals surface area contributed by atoms with Crippen molar-refractivity contribution in [3.8, 4) is 44.9 Å². The highest BCUT2D eigenvalue weighted by molar-refractivity contribution is 6.99. The largest absolute Gasteiger partial charge is 0.458 e. The Labute approximate surface area is 415 Å². The Balaban J connectivity index is 1.01. The smallest absolute Gasteiger partial charge is 0.256 e. The zero-order chi connectivity index (χ0) is 48.3. The molecule has 3 nitrogen and oxygen atoms in total. The van der Waals surface area contributed by atoms with Crippen LogP contribution in [0, 0.1) is 6.92 Å². The number of anilines is 6. The van der Waals surface area contributed by atoms with Crippen LogP contribution in [0.1, 0.15) is 83.2 Å². The van der Waals surface area contributed by atoms with Gasteiger partial charge in [0.15, 0.2) is 0 Å². The van der Waals surface area contributed by atoms with Crippen LogP contribution in [0.25, 0.3) is 33.4 Å². The molecule has 0 bridgehead atoms. The molecule has 0 N–H and O–H groups in total. The molecule has 342 valence electrons. The van der Waals surface area contributed by atoms with Gasteiger partial charge in [0.05, 0.1) is 0 Å². The number of aryl methyl sites for hydroxylation is 1. The Kier molecular flexibility index (Phi) is 9.99. The molecule has 70 heavy (non-hydrogen) atoms. The Morgan fingerprint density at radius 2 is 1.00 bits per heavy atom. The van der Waals surface area contributed by atoms with Crippen LogP contribution < -0.4 is 30.9 Å². The van der Waals surface area contributed by atoms with Gasteiger partial charge in [-0.25, -0.2) is 0 Å². The van der Waals surface area contributed by atoms with Gasteiger partial charge in [0.25, 0.3) is 6.71 Å². The van der Waals surface area contributed by atoms with Gasteiger partial charge in [0, 0.05) is 39.5 Å². The molecule has 4 heteroatoms. The first-order valence-electron chi connectivity index (χ1n) is 24.9. The number of rotatable bonds is 6. The van der Waals surface area contributed by atoms with Crippen molar-refractivity contribution in [3.63, 3.8) is 0 Å². The van der Waals surface area contributed by atoms with Gasteiger partial charge in [-0.2, -0.15) is 0 Å². The Morgan fingerprint density at radius 3 is 1.59 bits per heavy atom. The molecule has 2 aliphatic heterocycles. The van der Waals surface area contributed by atoms with E-state index in [1.54, 1.807) is 0 Å². The summed E-state index contributed by atoms with van der Waals surface area (Å²) in [5.74, 6) is 1.85. The molecule has 0 saturated heterocycles. The predicted molar refractivity (Wildman–Crippen MR) is 298 cm³/mol. The maximum absolute atomic E-state index is 7.23. The fourth-order valence-corrected chi connectivity index (χ4v) is 11.4. The second kappa shape index (κ2) is 16.0. The average molecular weight is 907 g/mol. The molecular formula is C66H59BN2O. The van der Waals surface area contributed by atoms with Gasteiger partial charge in [-0.05, 0) is 168 Å². The summed E-state index contributed by atoms with van der Waals surface area (Å²) < 4.78 is 7.23. The predicted octanol–water partition coefficient (Wildman–Crippen LogP) is 16.1. The lowest BCUT2D eigenvalue weighted by Gasteiger charge is -2.41. The topological polar surface area (TPSA) is 15.7 Å². The lowest BCUT2D eigenvalue weighted by atomic mass is 9.34. The van der Waals surface area contributed by atoms with Gasteiger partial charge >= 0.3 is 0 Å². The molecule has 3 aliphatic rings. The van der Waals surface area contributed by atoms with Gasteiger partial charge in [0.1, 0.15) is 11.5 Å². The lowest BCUT2D eigenvalue weighted by molar-refractivity contribution is 0.487. The molecule has 12 rings (SSSR count). The first kappa shape index (κ1) is 43.7. The monoisotopic (exact) mass is 906 g/mol. The normalized spacial score (nSPS) is 14.0. The summed E-state index contributed by atoms with van der Waals surface area (Å²) in [6.07, 6.45) is 0. The molecule has 0 aromatic heterocycles. The van der Waals surface area contributed by atoms with Crippen LogP contribution >= 0.6 is 0 Å². The summed E-state index contributed by atoms with van der Waals surface area (Å²) in [4.78, 5) is 4.84. The zero-order valence-corrected chi connectivity index (χ0v) is 41.9. The van der Waals surface area contributed by atoms with Crippen LogP contribution in [0.15, 0.2) is 194 Å². The SMILES string of the molecule is Cc1cc2c3c(c1)N(c1ccc(-c4ccc(C(C)(C)C)cc4)cc1)c1ccc(-c4ccc(C(C)(C)C)cc4)cc1B3c1cc3c(cc1O2)-c1ccc(N(c2ccccc2)c2ccccc2)cc1C3(C)C. The maximum atomic E-state index is 7.23. The number of hydrogen-bond donors (Lipinski definition) is 0. The van der Waals surface area contributed by atoms with Crippen molar-refractivity contribution in [2.75, 3.05) is 9.80 Å². The van der Waals surface area contributed by atoms with Crippen LogP contribution in [0.5, 0.6) is 11.5 Å². The molecule has 2 heterocycles. The number of ether oxygens (including phenoxy) is 1. The molecular weight excluding hydrogens is 848 g/mol. The number of para-hydroxylation sites is 2. The molecule has 0 fully saturated rings. The van der Waals surface area contributed by atoms with Gasteiger partial charge in [-0.3, -0.25) is 0 Å². The Morgan fingerprint density at radius 1 is 0.457 bits per heavy atom. The van der Waals surface area contributed by atoms with E-state index < -0.39 is 0 Å². The van der Waals surface area contributed by atoms with Crippen LogP contribution in [0.4, 0.5) is 34.1 Å². The highest BCUT2D eigenvalue weighted by Crippen LogP contribution is 2.53. The van der Waals surface area contributed by atoms with Crippen molar-refractivity contribution in [3.05, 3.63) is 222 Å². The minimum Gasteiger partial charge on any atom is -0.458 e. The quantitative estimate of drug-likeness (QED) is 0.155. The van der Waals surface area contributed by atoms with E-state index in [-0.39, 0.29) is 23.0 Å². The van der Waals surface area contributed by atoms with Crippen molar-refractivity contribution in [1.29, 1.82) is 0 Å². The maximum Gasteiger partial charge on any atom is 0.256 e. The minimum absolute atomic E-state index is 0.0537. The molecule has 0 radical (unpaired) electrons. The Bertz CT molecular complexity index is 3450. The summed E-state index contributed by atoms with van der Waals surface area (Å²) in [7, 11) is 0. The van der Waals surface area contributed by atoms with Gasteiger partial charge in [-0.15, -0.1) is 0 Å². The molecule has 0 spiro atoms. The Hall–Kier alpha value is -7.56. The first-order valence-corrected chi connectivity index (χ1v) is 24.9. The van der Waals surface area contributed by atoms with E-state index in [0.717, 1.165) is 45.5 Å². The minimum atomic E-state index is -0.278. The van der Waals surface area contributed by atoms with E-state index in [1.165, 1.54) is 77.7 Å². The highest BCUT2D eigenvalue weighted by Gasteiger charge is 2.45. The summed E-state index contributed by atoms with van der Waals surface area (Å²) >= 11 is 0. The van der Waals surface area contributed by atoms with Gasteiger partial charge < -0.3 is 14.5 Å². The van der Waals surface area contributed by atoms with E-state index in [2.05, 4.69) is 266 Å². The van der Waals surface area contributed by atoms with Crippen LogP contribution in [0.2, 0.25) is 0 Å². The summed E-state index contributed by atoms with van der Waals surface area (Å²) in [6.45, 7) is 20.6. The summed E-state index contributed by atoms with van der Waals surface area (Å²) in [5.41, 5.74) is 24.3. The third-order valence-electron chi connectivity index (χ3n) is 15.3. The van der Waals surface area contributed by atoms with Crippen LogP contribution in [0.3, 0.4) is 0 Å². The number of benzene rings is 9. The number of nitrogens with zero attached hydrogens (tertiary/aromatic N) is 2. The summed E-state index contributed by atoms with van der Waals surface area (Å²) in [6, 6.07) is 72.4. The number of fused-ring (bicyclic) bond motifs is 7. The lowest BCUT2D eigenvalue weighted by Crippen LogP contribution is -2.59. The number of hydrogen-bond acceptors (Lipinski definition) is 3. The van der Waals surface area contributed by atoms with Crippen molar-refractivity contribution in [1.82, 2.24) is 0 Å². The molecule has 9 aromatic carbocycles. The molecule has 0 atom stereocenters. The van der Waals surface area contributed by atoms with Crippen LogP contribution in [-0.2, 0) is 16.2 Å². The van der Waals surface area contributed by atoms with Gasteiger partial charge in [0.2, 0.25) is 0 Å². The van der Waals surface area contributed by atoms with Crippen LogP contribution in [-0.4, -0.2) is 6.71 Å². The fraction of sp³-hybridized carbons (Fsp3) is 0.182. The molecule has 0 amide bonds. The van der Waals surface area contributed by atoms with Crippen molar-refractivity contribution in [2.45, 2.75) is 78.6 Å². The fourth-order valence-electron chi connectivity index (χ4n) is 11.4. The van der Waals surface area contributed by atoms with Gasteiger partial charge in [-0.1, -0.05) is 177 Å². The average Bonchev–Trinajstić information content (AvgIpc) is 3.57. The second-order valence-corrected chi connectivity index (χ2v) is 22.3. The standard InChI is InChI=1S/C66H59BN2O/c1-42-36-60-63-62(37-42)70-61-40-54-53-34-33-52(68(49-16-12-10-13-17-49)50-18-14-11-15-19-50)39-55(53)66(8,9)56(54)41-58(61)67(63)57-38-46(45-22-29-48(30-23-45)65(5,6)7)26-35-59(57)69(60)51-31-24-44(25-32-51)43-20-27-47(28-21-43)64(2,3)4/h10-41H,1-9H3. The van der Waals surface area contributed by atoms with E-state index in [4.69, 9.17) is 4.74 Å². The van der Waals surface area contributed by atoms with Crippen molar-refractivity contribution >= 4 is 57.2 Å². The third kappa shape index (κ3) is 7.18. The molecule has 0 unspecified atom stereocenters. The van der Waals surface area contributed by atoms with E-state index in [9.17, 15) is 0 Å². The van der Waals surface area contributed by atoms with Crippen molar-refractivity contribution < 1.29 is 4.74 Å². The molecule has 1 aliphatic carbocycles. The summed E-state index contributed by atoms with van der Waals surface area (Å²) in [5, 5.41) is 0. The van der Waals surface area contributed by atoms with E-state index in [0.29, 0.717) is 0 Å². The third-order valence-corrected chi connectivity index (χ3v) is 15.3. The molecule has 9 aromatic rings. The highest BCUT2D eigenvalue weighted by atomic mass is 16.5. The molecule has 0 saturated carbocycles. The van der Waals surface area contributed by atoms with E-state index in [1.807, 2.05) is 0 Å².